The topological polar surface area (TPSA) is 75.2 Å². The fourth-order valence-corrected chi connectivity index (χ4v) is 3.39. The Kier molecular flexibility index (Phi) is 5.03. The zero-order valence-electron chi connectivity index (χ0n) is 15.9. The zero-order chi connectivity index (χ0) is 20.4. The molecule has 7 heteroatoms. The summed E-state index contributed by atoms with van der Waals surface area (Å²) in [5.41, 5.74) is 3.67. The molecular weight excluding hydrogens is 371 g/mol. The van der Waals surface area contributed by atoms with E-state index in [4.69, 9.17) is 0 Å². The molecule has 1 N–H and O–H groups in total. The quantitative estimate of drug-likeness (QED) is 0.739. The number of hydrogen-bond acceptors (Lipinski definition) is 4. The van der Waals surface area contributed by atoms with Crippen LogP contribution < -0.4 is 10.2 Å². The van der Waals surface area contributed by atoms with Gasteiger partial charge in [0.2, 0.25) is 0 Å². The molecule has 0 saturated heterocycles. The maximum absolute atomic E-state index is 13.1. The van der Waals surface area contributed by atoms with Gasteiger partial charge >= 0.3 is 0 Å². The van der Waals surface area contributed by atoms with Crippen molar-refractivity contribution >= 4 is 23.2 Å². The highest BCUT2D eigenvalue weighted by molar-refractivity contribution is 6.08. The average molecular weight is 390 g/mol. The van der Waals surface area contributed by atoms with E-state index in [-0.39, 0.29) is 17.5 Å². The summed E-state index contributed by atoms with van der Waals surface area (Å²) in [5.74, 6) is -0.946. The van der Waals surface area contributed by atoms with Crippen molar-refractivity contribution in [2.24, 2.45) is 0 Å². The van der Waals surface area contributed by atoms with E-state index in [1.165, 1.54) is 30.5 Å². The highest BCUT2D eigenvalue weighted by Crippen LogP contribution is 2.33. The molecule has 4 rings (SSSR count). The number of nitrogens with zero attached hydrogens (tertiary/aromatic N) is 3. The minimum absolute atomic E-state index is 0.222. The Morgan fingerprint density at radius 2 is 1.86 bits per heavy atom. The number of carbonyl (C=O) groups is 2. The summed E-state index contributed by atoms with van der Waals surface area (Å²) in [6.07, 6.45) is 4.55. The standard InChI is InChI=1S/C22H19FN4O2/c1-14-12-25-19(13-24-14)22(29)27-11-3-4-17-18(5-2-6-20(17)27)26-21(28)15-7-9-16(23)10-8-15/h2,5-10,12-13H,3-4,11H2,1H3,(H,26,28). The number of rotatable bonds is 3. The Morgan fingerprint density at radius 1 is 1.07 bits per heavy atom. The molecule has 6 nitrogen and oxygen atoms in total. The number of aryl methyl sites for hydroxylation is 1. The minimum Gasteiger partial charge on any atom is -0.322 e. The van der Waals surface area contributed by atoms with Crippen LogP contribution in [0.4, 0.5) is 15.8 Å². The Labute approximate surface area is 167 Å². The molecule has 1 aromatic heterocycles. The third-order valence-corrected chi connectivity index (χ3v) is 4.85. The molecule has 1 aliphatic heterocycles. The molecule has 146 valence electrons. The SMILES string of the molecule is Cc1cnc(C(=O)N2CCCc3c(NC(=O)c4ccc(F)cc4)cccc32)cn1. The summed E-state index contributed by atoms with van der Waals surface area (Å²) >= 11 is 0. The fraction of sp³-hybridized carbons (Fsp3) is 0.182. The van der Waals surface area contributed by atoms with E-state index < -0.39 is 5.82 Å². The first kappa shape index (κ1) is 18.7. The van der Waals surface area contributed by atoms with Crippen LogP contribution in [-0.4, -0.2) is 28.3 Å². The lowest BCUT2D eigenvalue weighted by atomic mass is 9.99. The van der Waals surface area contributed by atoms with Crippen molar-refractivity contribution in [3.05, 3.63) is 83.2 Å². The third kappa shape index (κ3) is 3.85. The van der Waals surface area contributed by atoms with Crippen molar-refractivity contribution in [3.8, 4) is 0 Å². The van der Waals surface area contributed by atoms with Crippen molar-refractivity contribution in [1.82, 2.24) is 9.97 Å². The first-order chi connectivity index (χ1) is 14.0. The summed E-state index contributed by atoms with van der Waals surface area (Å²) in [7, 11) is 0. The lowest BCUT2D eigenvalue weighted by Crippen LogP contribution is -2.36. The maximum atomic E-state index is 13.1. The Morgan fingerprint density at radius 3 is 2.59 bits per heavy atom. The van der Waals surface area contributed by atoms with E-state index in [1.807, 2.05) is 13.0 Å². The van der Waals surface area contributed by atoms with Gasteiger partial charge in [-0.25, -0.2) is 9.37 Å². The molecule has 0 bridgehead atoms. The lowest BCUT2D eigenvalue weighted by molar-refractivity contribution is 0.0979. The van der Waals surface area contributed by atoms with E-state index in [0.717, 1.165) is 29.8 Å². The number of anilines is 2. The highest BCUT2D eigenvalue weighted by atomic mass is 19.1. The van der Waals surface area contributed by atoms with Crippen molar-refractivity contribution in [2.45, 2.75) is 19.8 Å². The monoisotopic (exact) mass is 390 g/mol. The van der Waals surface area contributed by atoms with Gasteiger partial charge in [0.15, 0.2) is 0 Å². The summed E-state index contributed by atoms with van der Waals surface area (Å²) in [4.78, 5) is 35.5. The molecule has 2 amide bonds. The molecule has 2 aromatic carbocycles. The fourth-order valence-electron chi connectivity index (χ4n) is 3.39. The molecule has 0 saturated carbocycles. The number of carbonyl (C=O) groups excluding carboxylic acids is 2. The zero-order valence-corrected chi connectivity index (χ0v) is 15.9. The Bertz CT molecular complexity index is 1070. The van der Waals surface area contributed by atoms with E-state index in [2.05, 4.69) is 15.3 Å². The van der Waals surface area contributed by atoms with Gasteiger partial charge in [-0.2, -0.15) is 0 Å². The van der Waals surface area contributed by atoms with Gasteiger partial charge in [0.05, 0.1) is 11.9 Å². The second kappa shape index (κ2) is 7.79. The van der Waals surface area contributed by atoms with Crippen LogP contribution in [0.25, 0.3) is 0 Å². The Hall–Kier alpha value is -3.61. The molecule has 0 aliphatic carbocycles. The first-order valence-electron chi connectivity index (χ1n) is 9.32. The molecule has 0 unspecified atom stereocenters. The van der Waals surface area contributed by atoms with Gasteiger partial charge in [0.25, 0.3) is 11.8 Å². The number of aromatic nitrogens is 2. The number of fused-ring (bicyclic) bond motifs is 1. The van der Waals surface area contributed by atoms with Crippen LogP contribution in [0.2, 0.25) is 0 Å². The molecule has 3 aromatic rings. The van der Waals surface area contributed by atoms with Gasteiger partial charge in [-0.05, 0) is 61.7 Å². The number of hydrogen-bond donors (Lipinski definition) is 1. The summed E-state index contributed by atoms with van der Waals surface area (Å²) in [6.45, 7) is 2.38. The molecule has 0 spiro atoms. The molecule has 0 atom stereocenters. The molecule has 29 heavy (non-hydrogen) atoms. The van der Waals surface area contributed by atoms with Crippen molar-refractivity contribution in [3.63, 3.8) is 0 Å². The van der Waals surface area contributed by atoms with Gasteiger partial charge in [-0.15, -0.1) is 0 Å². The van der Waals surface area contributed by atoms with Crippen LogP contribution in [0.3, 0.4) is 0 Å². The first-order valence-corrected chi connectivity index (χ1v) is 9.32. The van der Waals surface area contributed by atoms with Crippen LogP contribution in [0, 0.1) is 12.7 Å². The van der Waals surface area contributed by atoms with Gasteiger partial charge in [-0.3, -0.25) is 14.6 Å². The summed E-state index contributed by atoms with van der Waals surface area (Å²) in [5, 5.41) is 2.89. The summed E-state index contributed by atoms with van der Waals surface area (Å²) in [6, 6.07) is 10.8. The molecule has 0 radical (unpaired) electrons. The molecule has 2 heterocycles. The molecule has 1 aliphatic rings. The van der Waals surface area contributed by atoms with Gasteiger partial charge in [0.1, 0.15) is 11.5 Å². The number of halogens is 1. The van der Waals surface area contributed by atoms with Crippen molar-refractivity contribution in [1.29, 1.82) is 0 Å². The van der Waals surface area contributed by atoms with Crippen LogP contribution in [0.1, 0.15) is 38.5 Å². The smallest absolute Gasteiger partial charge is 0.278 e. The minimum atomic E-state index is -0.396. The van der Waals surface area contributed by atoms with Crippen LogP contribution >= 0.6 is 0 Å². The van der Waals surface area contributed by atoms with E-state index >= 15 is 0 Å². The second-order valence-electron chi connectivity index (χ2n) is 6.87. The highest BCUT2D eigenvalue weighted by Gasteiger charge is 2.26. The van der Waals surface area contributed by atoms with Gasteiger partial charge in [0, 0.05) is 29.7 Å². The van der Waals surface area contributed by atoms with Crippen molar-refractivity contribution < 1.29 is 14.0 Å². The molecular formula is C22H19FN4O2. The van der Waals surface area contributed by atoms with Gasteiger partial charge < -0.3 is 10.2 Å². The predicted molar refractivity (Wildman–Crippen MR) is 108 cm³/mol. The van der Waals surface area contributed by atoms with E-state index in [0.29, 0.717) is 17.8 Å². The van der Waals surface area contributed by atoms with E-state index in [1.54, 1.807) is 23.2 Å². The predicted octanol–water partition coefficient (Wildman–Crippen LogP) is 3.77. The second-order valence-corrected chi connectivity index (χ2v) is 6.87. The largest absolute Gasteiger partial charge is 0.322 e. The van der Waals surface area contributed by atoms with Crippen LogP contribution in [-0.2, 0) is 6.42 Å². The third-order valence-electron chi connectivity index (χ3n) is 4.85. The van der Waals surface area contributed by atoms with E-state index in [9.17, 15) is 14.0 Å². The number of benzene rings is 2. The number of nitrogens with one attached hydrogen (secondary N) is 1. The Balaban J connectivity index is 1.62. The van der Waals surface area contributed by atoms with Crippen molar-refractivity contribution in [2.75, 3.05) is 16.8 Å². The number of amides is 2. The normalized spacial score (nSPS) is 13.0. The van der Waals surface area contributed by atoms with Crippen LogP contribution in [0.5, 0.6) is 0 Å². The average Bonchev–Trinajstić information content (AvgIpc) is 2.74. The molecule has 0 fully saturated rings. The summed E-state index contributed by atoms with van der Waals surface area (Å²) < 4.78 is 13.1. The maximum Gasteiger partial charge on any atom is 0.278 e. The van der Waals surface area contributed by atoms with Crippen LogP contribution in [0.15, 0.2) is 54.9 Å². The lowest BCUT2D eigenvalue weighted by Gasteiger charge is -2.30. The van der Waals surface area contributed by atoms with Gasteiger partial charge in [-0.1, -0.05) is 6.07 Å².